The largest absolute Gasteiger partial charge is 0.478 e. The lowest BCUT2D eigenvalue weighted by Gasteiger charge is -2.12. The summed E-state index contributed by atoms with van der Waals surface area (Å²) in [7, 11) is 0. The second-order valence-electron chi connectivity index (χ2n) is 4.78. The van der Waals surface area contributed by atoms with E-state index in [0.717, 1.165) is 0 Å². The lowest BCUT2D eigenvalue weighted by Crippen LogP contribution is -2.05. The van der Waals surface area contributed by atoms with Gasteiger partial charge in [-0.05, 0) is 30.7 Å². The Hall–Kier alpha value is -2.75. The molecular formula is C17H12FNO2. The van der Waals surface area contributed by atoms with E-state index in [1.807, 2.05) is 6.07 Å². The molecule has 0 bridgehead atoms. The van der Waals surface area contributed by atoms with Crippen LogP contribution in [0.2, 0.25) is 0 Å². The minimum atomic E-state index is -1.02. The molecule has 0 unspecified atom stereocenters. The number of hydrogen-bond acceptors (Lipinski definition) is 2. The Morgan fingerprint density at radius 2 is 1.76 bits per heavy atom. The fourth-order valence-corrected chi connectivity index (χ4v) is 2.53. The summed E-state index contributed by atoms with van der Waals surface area (Å²) < 4.78 is 13.1. The summed E-state index contributed by atoms with van der Waals surface area (Å²) >= 11 is 0. The van der Waals surface area contributed by atoms with Gasteiger partial charge in [0.2, 0.25) is 0 Å². The number of pyridine rings is 1. The van der Waals surface area contributed by atoms with Crippen LogP contribution in [0.1, 0.15) is 16.1 Å². The van der Waals surface area contributed by atoms with Crippen molar-refractivity contribution in [3.63, 3.8) is 0 Å². The van der Waals surface area contributed by atoms with Crippen molar-refractivity contribution < 1.29 is 14.3 Å². The van der Waals surface area contributed by atoms with Gasteiger partial charge in [-0.1, -0.05) is 30.3 Å². The lowest BCUT2D eigenvalue weighted by molar-refractivity contribution is 0.0699. The molecule has 0 saturated heterocycles. The van der Waals surface area contributed by atoms with E-state index in [4.69, 9.17) is 0 Å². The molecule has 0 fully saturated rings. The molecule has 0 aliphatic rings. The molecule has 2 aromatic carbocycles. The fraction of sp³-hybridized carbons (Fsp3) is 0.0588. The number of carboxylic acids is 1. The highest BCUT2D eigenvalue weighted by molar-refractivity contribution is 6.08. The molecule has 104 valence electrons. The number of carboxylic acid groups (broad SMARTS) is 1. The van der Waals surface area contributed by atoms with Crippen molar-refractivity contribution in [2.45, 2.75) is 6.92 Å². The third-order valence-electron chi connectivity index (χ3n) is 3.42. The van der Waals surface area contributed by atoms with Crippen molar-refractivity contribution >= 4 is 16.9 Å². The first-order valence-corrected chi connectivity index (χ1v) is 6.46. The first-order valence-electron chi connectivity index (χ1n) is 6.46. The molecule has 1 heterocycles. The Labute approximate surface area is 120 Å². The summed E-state index contributed by atoms with van der Waals surface area (Å²) in [5.41, 5.74) is 2.62. The predicted octanol–water partition coefficient (Wildman–Crippen LogP) is 4.05. The Bertz CT molecular complexity index is 841. The summed E-state index contributed by atoms with van der Waals surface area (Å²) in [6.07, 6.45) is 0. The maximum atomic E-state index is 13.1. The van der Waals surface area contributed by atoms with Gasteiger partial charge in [0, 0.05) is 16.6 Å². The van der Waals surface area contributed by atoms with Gasteiger partial charge in [-0.25, -0.2) is 9.18 Å². The molecule has 0 spiro atoms. The number of benzene rings is 2. The van der Waals surface area contributed by atoms with Crippen molar-refractivity contribution in [2.75, 3.05) is 0 Å². The second kappa shape index (κ2) is 4.98. The fourth-order valence-electron chi connectivity index (χ4n) is 2.53. The smallest absolute Gasteiger partial charge is 0.337 e. The number of halogens is 1. The van der Waals surface area contributed by atoms with Gasteiger partial charge in [-0.2, -0.15) is 0 Å². The number of carbonyl (C=O) groups is 1. The molecule has 0 amide bonds. The molecule has 1 N–H and O–H groups in total. The summed E-state index contributed by atoms with van der Waals surface area (Å²) in [4.78, 5) is 16.2. The first kappa shape index (κ1) is 13.2. The summed E-state index contributed by atoms with van der Waals surface area (Å²) in [5, 5.41) is 10.2. The maximum Gasteiger partial charge on any atom is 0.337 e. The van der Waals surface area contributed by atoms with Crippen molar-refractivity contribution in [3.8, 4) is 11.1 Å². The molecule has 0 aliphatic carbocycles. The molecule has 21 heavy (non-hydrogen) atoms. The van der Waals surface area contributed by atoms with Crippen LogP contribution in [0.15, 0.2) is 48.5 Å². The Morgan fingerprint density at radius 3 is 2.43 bits per heavy atom. The third-order valence-corrected chi connectivity index (χ3v) is 3.42. The zero-order valence-electron chi connectivity index (χ0n) is 11.3. The maximum absolute atomic E-state index is 13.1. The standard InChI is InChI=1S/C17H12FNO2/c1-10-15(11-6-8-12(18)9-7-11)16(17(20)21)13-4-2-3-5-14(13)19-10/h2-9H,1H3,(H,20,21). The SMILES string of the molecule is Cc1nc2ccccc2c(C(=O)O)c1-c1ccc(F)cc1. The molecule has 0 radical (unpaired) electrons. The van der Waals surface area contributed by atoms with Crippen LogP contribution in [0, 0.1) is 12.7 Å². The highest BCUT2D eigenvalue weighted by Gasteiger charge is 2.19. The minimum Gasteiger partial charge on any atom is -0.478 e. The molecule has 0 atom stereocenters. The number of aromatic nitrogens is 1. The summed E-state index contributed by atoms with van der Waals surface area (Å²) in [6.45, 7) is 1.76. The number of aryl methyl sites for hydroxylation is 1. The minimum absolute atomic E-state index is 0.199. The van der Waals surface area contributed by atoms with E-state index >= 15 is 0 Å². The molecule has 1 aromatic heterocycles. The van der Waals surface area contributed by atoms with Gasteiger partial charge < -0.3 is 5.11 Å². The van der Waals surface area contributed by atoms with Crippen molar-refractivity contribution in [1.82, 2.24) is 4.98 Å². The van der Waals surface area contributed by atoms with Crippen LogP contribution < -0.4 is 0 Å². The van der Waals surface area contributed by atoms with Gasteiger partial charge in [0.25, 0.3) is 0 Å². The summed E-state index contributed by atoms with van der Waals surface area (Å²) in [6, 6.07) is 12.9. The normalized spacial score (nSPS) is 10.8. The molecule has 3 aromatic rings. The molecule has 3 rings (SSSR count). The number of fused-ring (bicyclic) bond motifs is 1. The number of hydrogen-bond donors (Lipinski definition) is 1. The Morgan fingerprint density at radius 1 is 1.10 bits per heavy atom. The zero-order chi connectivity index (χ0) is 15.0. The number of nitrogens with zero attached hydrogens (tertiary/aromatic N) is 1. The highest BCUT2D eigenvalue weighted by Crippen LogP contribution is 2.32. The molecule has 0 aliphatic heterocycles. The van der Waals surface area contributed by atoms with E-state index in [1.54, 1.807) is 37.3 Å². The van der Waals surface area contributed by atoms with Crippen LogP contribution in [-0.4, -0.2) is 16.1 Å². The Kier molecular flexibility index (Phi) is 3.14. The monoisotopic (exact) mass is 281 g/mol. The van der Waals surface area contributed by atoms with Crippen LogP contribution in [-0.2, 0) is 0 Å². The van der Waals surface area contributed by atoms with Crippen LogP contribution in [0.5, 0.6) is 0 Å². The average Bonchev–Trinajstić information content (AvgIpc) is 2.46. The van der Waals surface area contributed by atoms with E-state index in [9.17, 15) is 14.3 Å². The predicted molar refractivity (Wildman–Crippen MR) is 78.8 cm³/mol. The summed E-state index contributed by atoms with van der Waals surface area (Å²) in [5.74, 6) is -1.38. The van der Waals surface area contributed by atoms with E-state index in [0.29, 0.717) is 27.7 Å². The quantitative estimate of drug-likeness (QED) is 0.771. The van der Waals surface area contributed by atoms with Crippen LogP contribution in [0.25, 0.3) is 22.0 Å². The van der Waals surface area contributed by atoms with Gasteiger partial charge >= 0.3 is 5.97 Å². The van der Waals surface area contributed by atoms with Crippen LogP contribution >= 0.6 is 0 Å². The number of rotatable bonds is 2. The van der Waals surface area contributed by atoms with Gasteiger partial charge in [0.1, 0.15) is 5.82 Å². The van der Waals surface area contributed by atoms with Crippen molar-refractivity contribution in [1.29, 1.82) is 0 Å². The van der Waals surface area contributed by atoms with E-state index in [-0.39, 0.29) is 11.4 Å². The van der Waals surface area contributed by atoms with Gasteiger partial charge in [-0.3, -0.25) is 4.98 Å². The van der Waals surface area contributed by atoms with E-state index in [2.05, 4.69) is 4.98 Å². The number of aromatic carboxylic acids is 1. The third kappa shape index (κ3) is 2.25. The topological polar surface area (TPSA) is 50.2 Å². The van der Waals surface area contributed by atoms with Gasteiger partial charge in [0.05, 0.1) is 11.1 Å². The van der Waals surface area contributed by atoms with Crippen molar-refractivity contribution in [2.24, 2.45) is 0 Å². The molecule has 3 nitrogen and oxygen atoms in total. The molecule has 0 saturated carbocycles. The Balaban J connectivity index is 2.41. The second-order valence-corrected chi connectivity index (χ2v) is 4.78. The molecule has 4 heteroatoms. The van der Waals surface area contributed by atoms with Crippen LogP contribution in [0.3, 0.4) is 0 Å². The molecular weight excluding hydrogens is 269 g/mol. The highest BCUT2D eigenvalue weighted by atomic mass is 19.1. The average molecular weight is 281 g/mol. The zero-order valence-corrected chi connectivity index (χ0v) is 11.3. The number of para-hydroxylation sites is 1. The van der Waals surface area contributed by atoms with Crippen molar-refractivity contribution in [3.05, 3.63) is 65.6 Å². The lowest BCUT2D eigenvalue weighted by atomic mass is 9.95. The van der Waals surface area contributed by atoms with Gasteiger partial charge in [-0.15, -0.1) is 0 Å². The first-order chi connectivity index (χ1) is 10.1. The van der Waals surface area contributed by atoms with Gasteiger partial charge in [0.15, 0.2) is 0 Å². The van der Waals surface area contributed by atoms with E-state index < -0.39 is 5.97 Å². The van der Waals surface area contributed by atoms with Crippen LogP contribution in [0.4, 0.5) is 4.39 Å². The van der Waals surface area contributed by atoms with E-state index in [1.165, 1.54) is 12.1 Å².